The number of hydrogen-bond donors (Lipinski definition) is 1. The highest BCUT2D eigenvalue weighted by atomic mass is 35.5. The van der Waals surface area contributed by atoms with Gasteiger partial charge in [-0.2, -0.15) is 0 Å². The van der Waals surface area contributed by atoms with Gasteiger partial charge in [-0.25, -0.2) is 4.79 Å². The number of morpholine rings is 1. The number of hydrogen-bond acceptors (Lipinski definition) is 4. The van der Waals surface area contributed by atoms with Gasteiger partial charge in [-0.3, -0.25) is 9.59 Å². The molecule has 2 aromatic rings. The molecule has 2 aliphatic heterocycles. The monoisotopic (exact) mass is 524 g/mol. The highest BCUT2D eigenvalue weighted by Gasteiger charge is 2.50. The number of carbonyl (C=O) groups is 3. The zero-order chi connectivity index (χ0) is 26.3. The summed E-state index contributed by atoms with van der Waals surface area (Å²) in [7, 11) is 0. The highest BCUT2D eigenvalue weighted by Crippen LogP contribution is 2.43. The summed E-state index contributed by atoms with van der Waals surface area (Å²) >= 11 is 6.16. The van der Waals surface area contributed by atoms with Crippen molar-refractivity contribution >= 4 is 29.4 Å². The van der Waals surface area contributed by atoms with Crippen LogP contribution in [0.3, 0.4) is 0 Å². The number of carboxylic acid groups (broad SMARTS) is 1. The first kappa shape index (κ1) is 25.7. The van der Waals surface area contributed by atoms with Gasteiger partial charge in [0.15, 0.2) is 0 Å². The minimum Gasteiger partial charge on any atom is -0.478 e. The third-order valence-electron chi connectivity index (χ3n) is 8.36. The Morgan fingerprint density at radius 1 is 1.00 bits per heavy atom. The van der Waals surface area contributed by atoms with Gasteiger partial charge in [0.05, 0.1) is 29.7 Å². The maximum absolute atomic E-state index is 14.3. The van der Waals surface area contributed by atoms with E-state index in [0.29, 0.717) is 48.0 Å². The van der Waals surface area contributed by atoms with E-state index in [2.05, 4.69) is 0 Å². The number of carboxylic acids is 1. The maximum atomic E-state index is 14.3. The van der Waals surface area contributed by atoms with E-state index in [-0.39, 0.29) is 29.5 Å². The molecule has 0 bridgehead atoms. The molecule has 8 heteroatoms. The summed E-state index contributed by atoms with van der Waals surface area (Å²) < 4.78 is 6.06. The van der Waals surface area contributed by atoms with Crippen LogP contribution >= 0.6 is 11.6 Å². The number of aromatic carboxylic acids is 1. The van der Waals surface area contributed by atoms with Gasteiger partial charge >= 0.3 is 5.97 Å². The molecule has 2 atom stereocenters. The molecule has 1 saturated carbocycles. The Hall–Kier alpha value is -2.90. The van der Waals surface area contributed by atoms with E-state index in [9.17, 15) is 19.5 Å². The van der Waals surface area contributed by atoms with Crippen LogP contribution in [-0.2, 0) is 14.9 Å². The lowest BCUT2D eigenvalue weighted by Crippen LogP contribution is -2.59. The van der Waals surface area contributed by atoms with Crippen molar-refractivity contribution in [3.8, 4) is 0 Å². The number of halogens is 1. The number of nitrogens with zero attached hydrogens (tertiary/aromatic N) is 2. The normalized spacial score (nSPS) is 23.0. The molecule has 2 aromatic carbocycles. The number of rotatable bonds is 4. The van der Waals surface area contributed by atoms with Crippen molar-refractivity contribution in [2.45, 2.75) is 63.5 Å². The Kier molecular flexibility index (Phi) is 7.03. The highest BCUT2D eigenvalue weighted by molar-refractivity contribution is 6.30. The zero-order valence-electron chi connectivity index (χ0n) is 21.3. The van der Waals surface area contributed by atoms with Crippen LogP contribution in [0.2, 0.25) is 5.02 Å². The number of fused-ring (bicyclic) bond motifs is 1. The second kappa shape index (κ2) is 10.1. The molecule has 3 aliphatic rings. The van der Waals surface area contributed by atoms with E-state index < -0.39 is 11.4 Å². The molecule has 3 fully saturated rings. The van der Waals surface area contributed by atoms with Gasteiger partial charge in [0, 0.05) is 30.2 Å². The molecular formula is C29H33ClN2O5. The Morgan fingerprint density at radius 3 is 2.27 bits per heavy atom. The van der Waals surface area contributed by atoms with Gasteiger partial charge in [-0.05, 0) is 67.6 Å². The van der Waals surface area contributed by atoms with Gasteiger partial charge < -0.3 is 19.6 Å². The lowest BCUT2D eigenvalue weighted by molar-refractivity contribution is -0.150. The van der Waals surface area contributed by atoms with E-state index in [4.69, 9.17) is 16.3 Å². The molecule has 7 nitrogen and oxygen atoms in total. The van der Waals surface area contributed by atoms with Crippen LogP contribution in [0.5, 0.6) is 0 Å². The molecule has 37 heavy (non-hydrogen) atoms. The van der Waals surface area contributed by atoms with Crippen LogP contribution < -0.4 is 0 Å². The zero-order valence-corrected chi connectivity index (χ0v) is 22.1. The molecule has 0 unspecified atom stereocenters. The maximum Gasteiger partial charge on any atom is 0.336 e. The molecule has 2 heterocycles. The molecule has 1 aliphatic carbocycles. The molecule has 0 radical (unpaired) electrons. The van der Waals surface area contributed by atoms with Crippen LogP contribution in [0.1, 0.15) is 69.5 Å². The van der Waals surface area contributed by atoms with Gasteiger partial charge in [0.2, 0.25) is 5.91 Å². The number of carbonyl (C=O) groups excluding carboxylic acids is 2. The van der Waals surface area contributed by atoms with Crippen LogP contribution in [0, 0.1) is 13.8 Å². The number of amides is 2. The summed E-state index contributed by atoms with van der Waals surface area (Å²) in [6.45, 7) is 5.16. The topological polar surface area (TPSA) is 87.2 Å². The summed E-state index contributed by atoms with van der Waals surface area (Å²) in [6.07, 6.45) is 4.50. The molecule has 2 amide bonds. The first-order valence-corrected chi connectivity index (χ1v) is 13.4. The minimum atomic E-state index is -0.999. The standard InChI is InChI=1S/C29H33ClN2O5/c1-18-14-20(15-19(2)25(18)27(34)35)26(33)31-16-23-24(17-31)37-13-12-32(23)28(36)29(10-4-3-5-11-29)21-6-8-22(30)9-7-21/h6-9,14-15,23-24H,3-5,10-13,16-17H2,1-2H3,(H,34,35)/t23-,24+/m0/s1. The van der Waals surface area contributed by atoms with Gasteiger partial charge in [0.1, 0.15) is 0 Å². The van der Waals surface area contributed by atoms with E-state index >= 15 is 0 Å². The van der Waals surface area contributed by atoms with Crippen molar-refractivity contribution < 1.29 is 24.2 Å². The van der Waals surface area contributed by atoms with E-state index in [1.807, 2.05) is 29.2 Å². The lowest BCUT2D eigenvalue weighted by Gasteiger charge is -2.45. The van der Waals surface area contributed by atoms with Crippen LogP contribution in [0.25, 0.3) is 0 Å². The largest absolute Gasteiger partial charge is 0.478 e. The van der Waals surface area contributed by atoms with Crippen LogP contribution in [0.4, 0.5) is 0 Å². The summed E-state index contributed by atoms with van der Waals surface area (Å²) in [6, 6.07) is 10.8. The molecule has 0 aromatic heterocycles. The summed E-state index contributed by atoms with van der Waals surface area (Å²) in [4.78, 5) is 43.1. The third kappa shape index (κ3) is 4.64. The van der Waals surface area contributed by atoms with Gasteiger partial charge in [-0.15, -0.1) is 0 Å². The van der Waals surface area contributed by atoms with E-state index in [1.165, 1.54) is 0 Å². The van der Waals surface area contributed by atoms with Crippen molar-refractivity contribution in [2.75, 3.05) is 26.2 Å². The predicted octanol–water partition coefficient (Wildman–Crippen LogP) is 4.61. The predicted molar refractivity (Wildman–Crippen MR) is 140 cm³/mol. The number of benzene rings is 2. The molecule has 0 spiro atoms. The van der Waals surface area contributed by atoms with Crippen LogP contribution in [-0.4, -0.2) is 71.1 Å². The van der Waals surface area contributed by atoms with Gasteiger partial charge in [-0.1, -0.05) is 43.0 Å². The van der Waals surface area contributed by atoms with Crippen molar-refractivity contribution in [1.82, 2.24) is 9.80 Å². The number of likely N-dealkylation sites (tertiary alicyclic amines) is 1. The number of ether oxygens (including phenoxy) is 1. The Bertz CT molecular complexity index is 1200. The second-order valence-corrected chi connectivity index (χ2v) is 11.1. The Morgan fingerprint density at radius 2 is 1.65 bits per heavy atom. The fourth-order valence-electron chi connectivity index (χ4n) is 6.54. The van der Waals surface area contributed by atoms with Crippen molar-refractivity contribution in [2.24, 2.45) is 0 Å². The summed E-state index contributed by atoms with van der Waals surface area (Å²) in [5.41, 5.74) is 2.24. The lowest BCUT2D eigenvalue weighted by atomic mass is 9.68. The Labute approximate surface area is 222 Å². The fourth-order valence-corrected chi connectivity index (χ4v) is 6.66. The van der Waals surface area contributed by atoms with Gasteiger partial charge in [0.25, 0.3) is 5.91 Å². The average molecular weight is 525 g/mol. The quantitative estimate of drug-likeness (QED) is 0.631. The smallest absolute Gasteiger partial charge is 0.336 e. The number of aryl methyl sites for hydroxylation is 2. The average Bonchev–Trinajstić information content (AvgIpc) is 3.32. The molecular weight excluding hydrogens is 492 g/mol. The second-order valence-electron chi connectivity index (χ2n) is 10.6. The van der Waals surface area contributed by atoms with Crippen molar-refractivity contribution in [3.63, 3.8) is 0 Å². The SMILES string of the molecule is Cc1cc(C(=O)N2C[C@H]3OCCN(C(=O)C4(c5ccc(Cl)cc5)CCCCC4)[C@H]3C2)cc(C)c1C(=O)O. The minimum absolute atomic E-state index is 0.125. The van der Waals surface area contributed by atoms with E-state index in [1.54, 1.807) is 30.9 Å². The van der Waals surface area contributed by atoms with E-state index in [0.717, 1.165) is 37.7 Å². The van der Waals surface area contributed by atoms with Crippen molar-refractivity contribution in [1.29, 1.82) is 0 Å². The third-order valence-corrected chi connectivity index (χ3v) is 8.61. The van der Waals surface area contributed by atoms with Crippen LogP contribution in [0.15, 0.2) is 36.4 Å². The molecule has 1 N–H and O–H groups in total. The Balaban J connectivity index is 1.40. The first-order chi connectivity index (χ1) is 17.7. The fraction of sp³-hybridized carbons (Fsp3) is 0.483. The molecule has 5 rings (SSSR count). The van der Waals surface area contributed by atoms with Crippen molar-refractivity contribution in [3.05, 3.63) is 69.2 Å². The summed E-state index contributed by atoms with van der Waals surface area (Å²) in [5.74, 6) is -1.04. The first-order valence-electron chi connectivity index (χ1n) is 13.0. The molecule has 196 valence electrons. The molecule has 2 saturated heterocycles. The summed E-state index contributed by atoms with van der Waals surface area (Å²) in [5, 5.41) is 10.1.